The number of hydrogen-bond donors (Lipinski definition) is 3. The molecule has 2 aliphatic rings. The zero-order valence-electron chi connectivity index (χ0n) is 22.9. The van der Waals surface area contributed by atoms with Crippen LogP contribution in [0.2, 0.25) is 0 Å². The molecule has 1 aliphatic carbocycles. The summed E-state index contributed by atoms with van der Waals surface area (Å²) in [5.74, 6) is -1.64. The van der Waals surface area contributed by atoms with Gasteiger partial charge in [-0.25, -0.2) is 4.98 Å². The second-order valence-corrected chi connectivity index (χ2v) is 11.8. The number of carbonyl (C=O) groups is 4. The fourth-order valence-corrected chi connectivity index (χ4v) is 6.48. The summed E-state index contributed by atoms with van der Waals surface area (Å²) in [5, 5.41) is 12.1. The van der Waals surface area contributed by atoms with E-state index in [1.807, 2.05) is 18.7 Å². The van der Waals surface area contributed by atoms with Crippen LogP contribution in [0.3, 0.4) is 0 Å². The van der Waals surface area contributed by atoms with Crippen molar-refractivity contribution in [3.05, 3.63) is 15.6 Å². The molecule has 10 nitrogen and oxygen atoms in total. The molecular weight excluding hydrogens is 506 g/mol. The number of ketones is 1. The van der Waals surface area contributed by atoms with Crippen molar-refractivity contribution in [2.75, 3.05) is 19.6 Å². The Morgan fingerprint density at radius 2 is 1.84 bits per heavy atom. The molecule has 2 amide bonds. The minimum absolute atomic E-state index is 0.0645. The van der Waals surface area contributed by atoms with Crippen molar-refractivity contribution < 1.29 is 24.3 Å². The molecule has 0 radical (unpaired) electrons. The van der Waals surface area contributed by atoms with Crippen molar-refractivity contribution in [1.82, 2.24) is 20.1 Å². The van der Waals surface area contributed by atoms with E-state index in [1.54, 1.807) is 11.8 Å². The van der Waals surface area contributed by atoms with E-state index < -0.39 is 24.1 Å². The van der Waals surface area contributed by atoms with Gasteiger partial charge in [-0.15, -0.1) is 11.3 Å². The number of likely N-dealkylation sites (tertiary alicyclic amines) is 1. The van der Waals surface area contributed by atoms with Gasteiger partial charge >= 0.3 is 5.97 Å². The molecule has 1 aromatic heterocycles. The van der Waals surface area contributed by atoms with Crippen LogP contribution in [0, 0.1) is 13.8 Å². The van der Waals surface area contributed by atoms with E-state index >= 15 is 0 Å². The van der Waals surface area contributed by atoms with E-state index in [9.17, 15) is 19.2 Å². The molecule has 4 N–H and O–H groups in total. The van der Waals surface area contributed by atoms with Gasteiger partial charge in [-0.1, -0.05) is 19.3 Å². The first kappa shape index (κ1) is 30.2. The van der Waals surface area contributed by atoms with E-state index in [1.165, 1.54) is 11.3 Å². The highest BCUT2D eigenvalue weighted by Crippen LogP contribution is 2.32. The van der Waals surface area contributed by atoms with E-state index in [4.69, 9.17) is 10.8 Å². The number of unbranched alkanes of at least 4 members (excludes halogenated alkanes) is 1. The van der Waals surface area contributed by atoms with Crippen LogP contribution in [0.5, 0.6) is 0 Å². The first-order valence-corrected chi connectivity index (χ1v) is 14.7. The summed E-state index contributed by atoms with van der Waals surface area (Å²) in [5.41, 5.74) is 6.59. The lowest BCUT2D eigenvalue weighted by Gasteiger charge is -2.42. The molecule has 0 spiro atoms. The monoisotopic (exact) mass is 549 g/mol. The number of aliphatic carboxylic acids is 1. The average Bonchev–Trinajstić information content (AvgIpc) is 3.53. The van der Waals surface area contributed by atoms with Crippen molar-refractivity contribution in [3.8, 4) is 0 Å². The van der Waals surface area contributed by atoms with Crippen molar-refractivity contribution in [1.29, 1.82) is 0 Å². The molecule has 38 heavy (non-hydrogen) atoms. The molecule has 212 valence electrons. The number of carboxylic acids is 1. The minimum atomic E-state index is -1.05. The number of nitrogens with one attached hydrogen (secondary N) is 1. The Bertz CT molecular complexity index is 973. The first-order valence-electron chi connectivity index (χ1n) is 13.9. The number of hydrogen-bond acceptors (Lipinski definition) is 8. The maximum Gasteiger partial charge on any atom is 0.317 e. The number of Topliss-reactive ketones (excluding diaryl/α,β-unsaturated/α-hetero) is 1. The maximum atomic E-state index is 14.4. The second-order valence-electron chi connectivity index (χ2n) is 10.5. The standard InChI is InChI=1S/C27H43N5O5S/c1-17-19(3)38-25(30-17)24(35)21(12-7-8-14-28)32(20-10-5-4-6-11-20)27(37)22-13-9-15-31(22)26(36)18(2)29-16-23(33)34/h18,20-22,29H,4-16,28H2,1-3H3,(H,33,34)/t18-,21-,22-/m0/s1. The normalized spacial score (nSPS) is 19.8. The number of aryl methyl sites for hydroxylation is 2. The lowest BCUT2D eigenvalue weighted by Crippen LogP contribution is -2.58. The molecule has 1 saturated carbocycles. The molecule has 3 atom stereocenters. The van der Waals surface area contributed by atoms with Crippen LogP contribution in [-0.4, -0.2) is 87.3 Å². The van der Waals surface area contributed by atoms with E-state index in [2.05, 4.69) is 10.3 Å². The topological polar surface area (TPSA) is 146 Å². The largest absolute Gasteiger partial charge is 0.480 e. The van der Waals surface area contributed by atoms with Gasteiger partial charge in [-0.05, 0) is 72.3 Å². The molecule has 0 unspecified atom stereocenters. The quantitative estimate of drug-likeness (QED) is 0.251. The van der Waals surface area contributed by atoms with Gasteiger partial charge in [0.25, 0.3) is 0 Å². The summed E-state index contributed by atoms with van der Waals surface area (Å²) < 4.78 is 0. The third kappa shape index (κ3) is 7.39. The Morgan fingerprint density at radius 1 is 1.13 bits per heavy atom. The predicted molar refractivity (Wildman–Crippen MR) is 146 cm³/mol. The van der Waals surface area contributed by atoms with Gasteiger partial charge in [0.15, 0.2) is 5.01 Å². The first-order chi connectivity index (χ1) is 18.1. The number of amides is 2. The minimum Gasteiger partial charge on any atom is -0.480 e. The smallest absolute Gasteiger partial charge is 0.317 e. The Morgan fingerprint density at radius 3 is 2.45 bits per heavy atom. The number of nitrogens with zero attached hydrogens (tertiary/aromatic N) is 3. The molecule has 2 heterocycles. The van der Waals surface area contributed by atoms with Gasteiger partial charge in [0.2, 0.25) is 17.6 Å². The maximum absolute atomic E-state index is 14.4. The molecule has 1 saturated heterocycles. The molecule has 3 rings (SSSR count). The zero-order valence-corrected chi connectivity index (χ0v) is 23.7. The van der Waals surface area contributed by atoms with Gasteiger partial charge in [0.05, 0.1) is 24.3 Å². The summed E-state index contributed by atoms with van der Waals surface area (Å²) in [7, 11) is 0. The van der Waals surface area contributed by atoms with Crippen LogP contribution in [0.25, 0.3) is 0 Å². The molecule has 0 bridgehead atoms. The van der Waals surface area contributed by atoms with Crippen molar-refractivity contribution in [2.24, 2.45) is 5.73 Å². The zero-order chi connectivity index (χ0) is 27.8. The van der Waals surface area contributed by atoms with Gasteiger partial charge < -0.3 is 20.6 Å². The number of rotatable bonds is 13. The fraction of sp³-hybridized carbons (Fsp3) is 0.741. The molecule has 1 aliphatic heterocycles. The van der Waals surface area contributed by atoms with E-state index in [-0.39, 0.29) is 30.2 Å². The Kier molecular flexibility index (Phi) is 11.2. The van der Waals surface area contributed by atoms with Crippen LogP contribution >= 0.6 is 11.3 Å². The van der Waals surface area contributed by atoms with Crippen LogP contribution in [-0.2, 0) is 14.4 Å². The third-order valence-electron chi connectivity index (χ3n) is 7.78. The Hall–Kier alpha value is -2.37. The number of carbonyl (C=O) groups excluding carboxylic acids is 3. The summed E-state index contributed by atoms with van der Waals surface area (Å²) in [6.45, 7) is 6.06. The summed E-state index contributed by atoms with van der Waals surface area (Å²) >= 11 is 1.37. The number of carboxylic acid groups (broad SMARTS) is 1. The molecule has 1 aromatic rings. The molecule has 11 heteroatoms. The fourth-order valence-electron chi connectivity index (χ4n) is 5.58. The van der Waals surface area contributed by atoms with Gasteiger partial charge in [-0.2, -0.15) is 0 Å². The van der Waals surface area contributed by atoms with Crippen molar-refractivity contribution >= 4 is 34.9 Å². The highest BCUT2D eigenvalue weighted by Gasteiger charge is 2.44. The highest BCUT2D eigenvalue weighted by molar-refractivity contribution is 7.13. The second kappa shape index (κ2) is 14.1. The number of nitrogens with two attached hydrogens (primary N) is 1. The lowest BCUT2D eigenvalue weighted by atomic mass is 9.90. The van der Waals surface area contributed by atoms with Crippen LogP contribution in [0.1, 0.15) is 91.5 Å². The Balaban J connectivity index is 1.93. The van der Waals surface area contributed by atoms with Gasteiger partial charge in [-0.3, -0.25) is 24.5 Å². The molecular formula is C27H43N5O5S. The van der Waals surface area contributed by atoms with E-state index in [0.29, 0.717) is 37.4 Å². The van der Waals surface area contributed by atoms with Crippen molar-refractivity contribution in [2.45, 2.75) is 109 Å². The molecule has 2 fully saturated rings. The van der Waals surface area contributed by atoms with Crippen LogP contribution < -0.4 is 11.1 Å². The van der Waals surface area contributed by atoms with E-state index in [0.717, 1.165) is 55.5 Å². The van der Waals surface area contributed by atoms with Crippen LogP contribution in [0.15, 0.2) is 0 Å². The van der Waals surface area contributed by atoms with Gasteiger partial charge in [0, 0.05) is 17.5 Å². The highest BCUT2D eigenvalue weighted by atomic mass is 32.1. The summed E-state index contributed by atoms with van der Waals surface area (Å²) in [6, 6.07) is -2.11. The van der Waals surface area contributed by atoms with Gasteiger partial charge in [0.1, 0.15) is 6.04 Å². The third-order valence-corrected chi connectivity index (χ3v) is 8.87. The number of aromatic nitrogens is 1. The van der Waals surface area contributed by atoms with Crippen molar-refractivity contribution in [3.63, 3.8) is 0 Å². The SMILES string of the molecule is Cc1nc(C(=O)[C@H](CCCCN)N(C(=O)[C@@H]2CCCN2C(=O)[C@H](C)NCC(=O)O)C2CCCCC2)sc1C. The van der Waals surface area contributed by atoms with Crippen LogP contribution in [0.4, 0.5) is 0 Å². The molecule has 0 aromatic carbocycles. The summed E-state index contributed by atoms with van der Waals surface area (Å²) in [4.78, 5) is 61.5. The average molecular weight is 550 g/mol. The summed E-state index contributed by atoms with van der Waals surface area (Å²) in [6.07, 6.45) is 7.96. The number of thiazole rings is 1. The Labute approximate surface area is 229 Å². The predicted octanol–water partition coefficient (Wildman–Crippen LogP) is 2.66. The lowest BCUT2D eigenvalue weighted by molar-refractivity contribution is -0.148.